The van der Waals surface area contributed by atoms with Crippen molar-refractivity contribution < 1.29 is 9.59 Å². The first-order valence-corrected chi connectivity index (χ1v) is 11.0. The van der Waals surface area contributed by atoms with Crippen LogP contribution in [-0.4, -0.2) is 16.9 Å². The molecule has 1 atom stereocenters. The molecule has 4 N–H and O–H groups in total. The third-order valence-electron chi connectivity index (χ3n) is 5.31. The molecule has 29 heavy (non-hydrogen) atoms. The molecule has 0 radical (unpaired) electrons. The van der Waals surface area contributed by atoms with Gasteiger partial charge in [0.05, 0.1) is 16.1 Å². The summed E-state index contributed by atoms with van der Waals surface area (Å²) >= 11 is 12.8. The van der Waals surface area contributed by atoms with Crippen LogP contribution in [0.25, 0.3) is 0 Å². The van der Waals surface area contributed by atoms with Crippen molar-refractivity contribution in [1.29, 1.82) is 0 Å². The monoisotopic (exact) mass is 449 g/mol. The molecule has 0 saturated carbocycles. The molecule has 1 aliphatic rings. The summed E-state index contributed by atoms with van der Waals surface area (Å²) in [5.74, 6) is -0.364. The van der Waals surface area contributed by atoms with Crippen molar-refractivity contribution in [3.8, 4) is 0 Å². The van der Waals surface area contributed by atoms with Crippen molar-refractivity contribution in [1.82, 2.24) is 5.32 Å². The predicted octanol–water partition coefficient (Wildman–Crippen LogP) is 4.78. The third kappa shape index (κ3) is 4.79. The van der Waals surface area contributed by atoms with Crippen LogP contribution in [0, 0.1) is 11.3 Å². The molecular formula is C21H24ClN3O2S2. The van der Waals surface area contributed by atoms with E-state index in [2.05, 4.69) is 31.4 Å². The first-order valence-electron chi connectivity index (χ1n) is 9.39. The second-order valence-corrected chi connectivity index (χ2v) is 10.2. The van der Waals surface area contributed by atoms with Gasteiger partial charge >= 0.3 is 0 Å². The number of nitrogens with two attached hydrogens (primary N) is 1. The van der Waals surface area contributed by atoms with Crippen LogP contribution in [0.4, 0.5) is 5.00 Å². The van der Waals surface area contributed by atoms with E-state index in [1.165, 1.54) is 11.3 Å². The van der Waals surface area contributed by atoms with Gasteiger partial charge in [0.2, 0.25) is 0 Å². The number of halogens is 1. The number of hydrogen-bond donors (Lipinski definition) is 3. The minimum absolute atomic E-state index is 0.100. The fraction of sp³-hybridized carbons (Fsp3) is 0.381. The molecule has 0 fully saturated rings. The largest absolute Gasteiger partial charge is 0.365 e. The highest BCUT2D eigenvalue weighted by atomic mass is 35.5. The smallest absolute Gasteiger partial charge is 0.258 e. The summed E-state index contributed by atoms with van der Waals surface area (Å²) in [4.78, 5) is 25.7. The quantitative estimate of drug-likeness (QED) is 0.589. The normalized spacial score (nSPS) is 16.1. The molecule has 2 aromatic rings. The van der Waals surface area contributed by atoms with E-state index in [0.717, 1.165) is 29.7 Å². The van der Waals surface area contributed by atoms with Crippen LogP contribution in [0.5, 0.6) is 0 Å². The fourth-order valence-electron chi connectivity index (χ4n) is 3.62. The van der Waals surface area contributed by atoms with Crippen LogP contribution in [0.15, 0.2) is 24.3 Å². The van der Waals surface area contributed by atoms with Crippen LogP contribution in [-0.2, 0) is 12.8 Å². The van der Waals surface area contributed by atoms with E-state index >= 15 is 0 Å². The Morgan fingerprint density at radius 1 is 1.28 bits per heavy atom. The van der Waals surface area contributed by atoms with Gasteiger partial charge in [0.25, 0.3) is 11.8 Å². The number of fused-ring (bicyclic) bond motifs is 1. The molecule has 2 amide bonds. The van der Waals surface area contributed by atoms with E-state index in [-0.39, 0.29) is 10.5 Å². The number of hydrogen-bond acceptors (Lipinski definition) is 4. The summed E-state index contributed by atoms with van der Waals surface area (Å²) in [6.45, 7) is 6.72. The van der Waals surface area contributed by atoms with Crippen LogP contribution < -0.4 is 16.4 Å². The summed E-state index contributed by atoms with van der Waals surface area (Å²) in [6, 6.07) is 6.72. The SMILES string of the molecule is CC(C)(C)[C@H]1CCc2c(sc(NC(=S)NC(=O)c3ccccc3Cl)c2C(N)=O)C1. The zero-order valence-corrected chi connectivity index (χ0v) is 19.0. The molecule has 1 heterocycles. The summed E-state index contributed by atoms with van der Waals surface area (Å²) in [5.41, 5.74) is 7.68. The lowest BCUT2D eigenvalue weighted by molar-refractivity contribution is 0.0975. The molecule has 5 nitrogen and oxygen atoms in total. The van der Waals surface area contributed by atoms with Gasteiger partial charge in [-0.25, -0.2) is 0 Å². The average molecular weight is 450 g/mol. The van der Waals surface area contributed by atoms with Crippen LogP contribution in [0.2, 0.25) is 5.02 Å². The lowest BCUT2D eigenvalue weighted by Crippen LogP contribution is -2.34. The van der Waals surface area contributed by atoms with E-state index in [1.807, 2.05) is 0 Å². The van der Waals surface area contributed by atoms with Gasteiger partial charge in [-0.05, 0) is 60.5 Å². The number of primary amides is 1. The van der Waals surface area contributed by atoms with E-state index in [4.69, 9.17) is 29.6 Å². The molecule has 0 saturated heterocycles. The number of rotatable bonds is 3. The molecule has 3 rings (SSSR count). The minimum atomic E-state index is -0.487. The predicted molar refractivity (Wildman–Crippen MR) is 123 cm³/mol. The second kappa shape index (κ2) is 8.42. The van der Waals surface area contributed by atoms with E-state index in [9.17, 15) is 9.59 Å². The molecule has 1 aromatic heterocycles. The Morgan fingerprint density at radius 2 is 1.97 bits per heavy atom. The van der Waals surface area contributed by atoms with Crippen molar-refractivity contribution in [2.24, 2.45) is 17.1 Å². The lowest BCUT2D eigenvalue weighted by atomic mass is 9.72. The molecule has 8 heteroatoms. The molecule has 0 spiro atoms. The van der Waals surface area contributed by atoms with Crippen LogP contribution in [0.3, 0.4) is 0 Å². The Kier molecular flexibility index (Phi) is 6.31. The van der Waals surface area contributed by atoms with Crippen LogP contribution in [0.1, 0.15) is 58.3 Å². The first kappa shape index (κ1) is 21.7. The topological polar surface area (TPSA) is 84.2 Å². The Labute approximate surface area is 185 Å². The highest BCUT2D eigenvalue weighted by Crippen LogP contribution is 2.44. The maximum absolute atomic E-state index is 12.4. The number of carbonyl (C=O) groups excluding carboxylic acids is 2. The van der Waals surface area contributed by atoms with E-state index in [0.29, 0.717) is 27.1 Å². The Bertz CT molecular complexity index is 979. The standard InChI is InChI=1S/C21H24ClN3O2S2/c1-21(2,3)11-8-9-13-15(10-11)29-19(16(13)17(23)26)25-20(28)24-18(27)12-6-4-5-7-14(12)22/h4-7,11H,8-10H2,1-3H3,(H2,23,26)(H2,24,25,27,28)/t11-/m0/s1. The highest BCUT2D eigenvalue weighted by Gasteiger charge is 2.33. The molecule has 1 aromatic carbocycles. The first-order chi connectivity index (χ1) is 13.6. The van der Waals surface area contributed by atoms with Crippen molar-refractivity contribution in [3.05, 3.63) is 50.9 Å². The van der Waals surface area contributed by atoms with Crippen molar-refractivity contribution in [2.45, 2.75) is 40.0 Å². The van der Waals surface area contributed by atoms with Crippen molar-refractivity contribution in [2.75, 3.05) is 5.32 Å². The van der Waals surface area contributed by atoms with Crippen molar-refractivity contribution in [3.63, 3.8) is 0 Å². The Hall–Kier alpha value is -1.96. The zero-order valence-electron chi connectivity index (χ0n) is 16.6. The number of amides is 2. The second-order valence-electron chi connectivity index (χ2n) is 8.27. The fourth-order valence-corrected chi connectivity index (χ4v) is 5.44. The number of nitrogens with one attached hydrogen (secondary N) is 2. The van der Waals surface area contributed by atoms with Gasteiger partial charge < -0.3 is 11.1 Å². The minimum Gasteiger partial charge on any atom is -0.365 e. The number of thiophene rings is 1. The van der Waals surface area contributed by atoms with Crippen LogP contribution >= 0.6 is 35.2 Å². The summed E-state index contributed by atoms with van der Waals surface area (Å²) in [6.07, 6.45) is 2.73. The van der Waals surface area contributed by atoms with Crippen molar-refractivity contribution >= 4 is 57.1 Å². The van der Waals surface area contributed by atoms with Gasteiger partial charge in [-0.15, -0.1) is 11.3 Å². The number of anilines is 1. The van der Waals surface area contributed by atoms with Gasteiger partial charge in [0, 0.05) is 4.88 Å². The van der Waals surface area contributed by atoms with Gasteiger partial charge in [-0.1, -0.05) is 44.5 Å². The summed E-state index contributed by atoms with van der Waals surface area (Å²) in [7, 11) is 0. The number of benzene rings is 1. The number of carbonyl (C=O) groups is 2. The van der Waals surface area contributed by atoms with E-state index < -0.39 is 11.8 Å². The molecule has 1 aliphatic carbocycles. The van der Waals surface area contributed by atoms with Gasteiger partial charge in [0.1, 0.15) is 5.00 Å². The number of thiocarbonyl (C=S) groups is 1. The van der Waals surface area contributed by atoms with Gasteiger partial charge in [0.15, 0.2) is 5.11 Å². The maximum atomic E-state index is 12.4. The molecule has 0 aliphatic heterocycles. The molecule has 154 valence electrons. The highest BCUT2D eigenvalue weighted by molar-refractivity contribution is 7.80. The van der Waals surface area contributed by atoms with Gasteiger partial charge in [-0.3, -0.25) is 14.9 Å². The van der Waals surface area contributed by atoms with Gasteiger partial charge in [-0.2, -0.15) is 0 Å². The molecule has 0 unspecified atom stereocenters. The Morgan fingerprint density at radius 3 is 2.59 bits per heavy atom. The third-order valence-corrected chi connectivity index (χ3v) is 7.01. The lowest BCUT2D eigenvalue weighted by Gasteiger charge is -2.33. The van der Waals surface area contributed by atoms with E-state index in [1.54, 1.807) is 24.3 Å². The Balaban J connectivity index is 1.80. The molecule has 0 bridgehead atoms. The molecular weight excluding hydrogens is 426 g/mol. The maximum Gasteiger partial charge on any atom is 0.258 e. The average Bonchev–Trinajstić information content (AvgIpc) is 2.98. The summed E-state index contributed by atoms with van der Waals surface area (Å²) in [5, 5.41) is 6.64. The summed E-state index contributed by atoms with van der Waals surface area (Å²) < 4.78 is 0. The zero-order chi connectivity index (χ0) is 21.3.